The Morgan fingerprint density at radius 3 is 0.632 bits per heavy atom. The van der Waals surface area contributed by atoms with Crippen molar-refractivity contribution in [3.05, 3.63) is 207 Å². The summed E-state index contributed by atoms with van der Waals surface area (Å²) in [6, 6.07) is 0. The fourth-order valence-corrected chi connectivity index (χ4v) is 14.7. The van der Waals surface area contributed by atoms with Crippen molar-refractivity contribution < 1.29 is 75.8 Å². The minimum absolute atomic E-state index is 0.0956. The van der Waals surface area contributed by atoms with Crippen molar-refractivity contribution in [2.75, 3.05) is 39.6 Å². The molecule has 0 radical (unpaired) electrons. The summed E-state index contributed by atoms with van der Waals surface area (Å²) >= 11 is 0. The maximum atomic E-state index is 13.1. The molecule has 0 amide bonds. The number of phosphoric acid groups is 2. The zero-order chi connectivity index (χ0) is 90.7. The van der Waals surface area contributed by atoms with Crippen LogP contribution in [0.2, 0.25) is 0 Å². The molecule has 0 aliphatic rings. The van der Waals surface area contributed by atoms with Crippen molar-refractivity contribution in [2.24, 2.45) is 0 Å². The Balaban J connectivity index is 4.67. The quantitative estimate of drug-likeness (QED) is 0.0146. The molecule has 0 heterocycles. The summed E-state index contributed by atoms with van der Waals surface area (Å²) in [5.41, 5.74) is 0. The maximum absolute atomic E-state index is 13.1. The largest absolute Gasteiger partial charge is 0.472 e. The first-order valence-electron chi connectivity index (χ1n) is 49.4. The summed E-state index contributed by atoms with van der Waals surface area (Å²) in [7, 11) is -9.83. The van der Waals surface area contributed by atoms with Crippen molar-refractivity contribution in [1.82, 2.24) is 0 Å². The summed E-state index contributed by atoms with van der Waals surface area (Å²) in [5, 5.41) is 20.8. The van der Waals surface area contributed by atoms with Crippen LogP contribution >= 0.6 is 15.6 Å². The topological polar surface area (TPSA) is 231 Å². The minimum Gasteiger partial charge on any atom is -0.463 e. The van der Waals surface area contributed by atoms with E-state index in [0.29, 0.717) is 19.3 Å². The number of aliphatic hydroxyl groups is 2. The van der Waals surface area contributed by atoms with E-state index in [-0.39, 0.29) is 19.3 Å². The zero-order valence-corrected chi connectivity index (χ0v) is 80.5. The summed E-state index contributed by atoms with van der Waals surface area (Å²) in [6.07, 6.45) is 132. The van der Waals surface area contributed by atoms with Crippen LogP contribution in [0.3, 0.4) is 0 Å². The molecule has 125 heavy (non-hydrogen) atoms. The molecule has 0 bridgehead atoms. The standard InChI is InChI=1S/C107H178O16P2/c1-4-7-10-13-16-19-22-25-28-31-34-37-40-43-46-49-50-53-55-57-60-63-66-69-72-75-78-81-84-87-90-93-105(110)117-96-102(108)97-119-124(113,114)120-98-103(109)99-121-125(115,116)122-101-104(123-107(112)95-92-89-86-83-80-77-74-71-68-65-62-59-56-52-48-45-42-39-36-33-30-27-24-21-18-15-12-9-6-3)100-118-106(111)94-91-88-85-82-79-76-73-70-67-64-61-58-54-51-47-44-41-38-35-32-29-26-23-20-17-14-11-8-5-2/h7-12,16-21,25-30,34-39,43-48,50,53-54,58,102-104,108-109H,4-6,13-15,22-24,31-33,40-42,49,51-52,55-57,59-101H2,1-3H3,(H,113,114)(H,115,116)/b10-7-,11-8-,12-9-,19-16-,20-17-,21-18-,28-25-,29-26-,30-27-,37-34-,38-35-,39-36-,46-43-,47-44-,48-45-,53-50-,58-54-. The average Bonchev–Trinajstić information content (AvgIpc) is 0.898. The highest BCUT2D eigenvalue weighted by molar-refractivity contribution is 7.47. The molecule has 0 aromatic rings. The van der Waals surface area contributed by atoms with E-state index in [9.17, 15) is 43.5 Å². The third-order valence-electron chi connectivity index (χ3n) is 20.5. The molecular formula is C107H178O16P2. The van der Waals surface area contributed by atoms with Gasteiger partial charge in [-0.25, -0.2) is 9.13 Å². The highest BCUT2D eigenvalue weighted by Crippen LogP contribution is 2.45. The van der Waals surface area contributed by atoms with Gasteiger partial charge in [-0.2, -0.15) is 0 Å². The van der Waals surface area contributed by atoms with E-state index >= 15 is 0 Å². The predicted molar refractivity (Wildman–Crippen MR) is 527 cm³/mol. The molecule has 0 rings (SSSR count). The van der Waals surface area contributed by atoms with Crippen LogP contribution < -0.4 is 0 Å². The van der Waals surface area contributed by atoms with Crippen LogP contribution in [0, 0.1) is 0 Å². The Hall–Kier alpha value is -5.87. The van der Waals surface area contributed by atoms with Crippen molar-refractivity contribution >= 4 is 33.6 Å². The first-order valence-corrected chi connectivity index (χ1v) is 52.4. The van der Waals surface area contributed by atoms with Gasteiger partial charge in [0, 0.05) is 19.3 Å². The smallest absolute Gasteiger partial charge is 0.463 e. The van der Waals surface area contributed by atoms with Gasteiger partial charge in [-0.1, -0.05) is 414 Å². The second kappa shape index (κ2) is 97.2. The first-order chi connectivity index (χ1) is 61.2. The Morgan fingerprint density at radius 2 is 0.400 bits per heavy atom. The van der Waals surface area contributed by atoms with Crippen LogP contribution in [0.25, 0.3) is 0 Å². The Labute approximate surface area is 762 Å². The fraction of sp³-hybridized carbons (Fsp3) is 0.654. The van der Waals surface area contributed by atoms with Crippen LogP contribution in [-0.4, -0.2) is 95.9 Å². The van der Waals surface area contributed by atoms with Crippen molar-refractivity contribution in [2.45, 2.75) is 411 Å². The maximum Gasteiger partial charge on any atom is 0.472 e. The molecule has 712 valence electrons. The summed E-state index contributed by atoms with van der Waals surface area (Å²) in [6.45, 7) is 2.38. The number of unbranched alkanes of at least 4 members (excludes halogenated alkanes) is 35. The van der Waals surface area contributed by atoms with Gasteiger partial charge in [0.05, 0.1) is 26.4 Å². The van der Waals surface area contributed by atoms with Crippen LogP contribution in [0.4, 0.5) is 0 Å². The molecule has 0 aromatic carbocycles. The highest BCUT2D eigenvalue weighted by Gasteiger charge is 2.30. The molecule has 5 unspecified atom stereocenters. The van der Waals surface area contributed by atoms with Gasteiger partial charge in [0.15, 0.2) is 6.10 Å². The third-order valence-corrected chi connectivity index (χ3v) is 22.4. The molecule has 5 atom stereocenters. The lowest BCUT2D eigenvalue weighted by molar-refractivity contribution is -0.161. The predicted octanol–water partition coefficient (Wildman–Crippen LogP) is 31.1. The van der Waals surface area contributed by atoms with Gasteiger partial charge in [0.25, 0.3) is 0 Å². The molecule has 0 fully saturated rings. The number of carbonyl (C=O) groups is 3. The molecule has 16 nitrogen and oxygen atoms in total. The van der Waals surface area contributed by atoms with Gasteiger partial charge >= 0.3 is 33.6 Å². The van der Waals surface area contributed by atoms with Crippen LogP contribution in [0.15, 0.2) is 207 Å². The lowest BCUT2D eigenvalue weighted by atomic mass is 10.0. The van der Waals surface area contributed by atoms with Crippen molar-refractivity contribution in [3.63, 3.8) is 0 Å². The molecule has 0 saturated heterocycles. The zero-order valence-electron chi connectivity index (χ0n) is 78.7. The number of allylic oxidation sites excluding steroid dienone is 34. The molecular weight excluding hydrogens is 1600 g/mol. The van der Waals surface area contributed by atoms with E-state index in [1.54, 1.807) is 0 Å². The van der Waals surface area contributed by atoms with Gasteiger partial charge < -0.3 is 34.2 Å². The second-order valence-electron chi connectivity index (χ2n) is 32.4. The van der Waals surface area contributed by atoms with Gasteiger partial charge in [-0.3, -0.25) is 32.5 Å². The van der Waals surface area contributed by atoms with Gasteiger partial charge in [0.2, 0.25) is 0 Å². The number of esters is 3. The van der Waals surface area contributed by atoms with Crippen molar-refractivity contribution in [1.29, 1.82) is 0 Å². The van der Waals surface area contributed by atoms with E-state index in [0.717, 1.165) is 199 Å². The summed E-state index contributed by atoms with van der Waals surface area (Å²) in [5.74, 6) is -1.58. The number of phosphoric ester groups is 2. The van der Waals surface area contributed by atoms with E-state index in [1.165, 1.54) is 135 Å². The van der Waals surface area contributed by atoms with Crippen LogP contribution in [0.1, 0.15) is 393 Å². The molecule has 0 aliphatic heterocycles. The highest BCUT2D eigenvalue weighted by atomic mass is 31.2. The van der Waals surface area contributed by atoms with Gasteiger partial charge in [0.1, 0.15) is 25.4 Å². The van der Waals surface area contributed by atoms with Crippen LogP contribution in [0.5, 0.6) is 0 Å². The summed E-state index contributed by atoms with van der Waals surface area (Å²) < 4.78 is 61.7. The number of ether oxygens (including phenoxy) is 3. The van der Waals surface area contributed by atoms with Crippen molar-refractivity contribution in [3.8, 4) is 0 Å². The Kier molecular flexibility index (Phi) is 92.6. The molecule has 0 aliphatic carbocycles. The second-order valence-corrected chi connectivity index (χ2v) is 35.3. The van der Waals surface area contributed by atoms with E-state index in [1.807, 2.05) is 0 Å². The lowest BCUT2D eigenvalue weighted by Gasteiger charge is -2.21. The third kappa shape index (κ3) is 98.6. The van der Waals surface area contributed by atoms with E-state index < -0.39 is 91.5 Å². The average molecular weight is 1780 g/mol. The van der Waals surface area contributed by atoms with Gasteiger partial charge in [-0.15, -0.1) is 0 Å². The lowest BCUT2D eigenvalue weighted by Crippen LogP contribution is -2.30. The molecule has 4 N–H and O–H groups in total. The first kappa shape index (κ1) is 119. The number of rotatable bonds is 92. The van der Waals surface area contributed by atoms with E-state index in [2.05, 4.69) is 227 Å². The monoisotopic (exact) mass is 1780 g/mol. The normalized spacial score (nSPS) is 14.6. The Morgan fingerprint density at radius 1 is 0.224 bits per heavy atom. The number of hydrogen-bond donors (Lipinski definition) is 4. The SMILES string of the molecule is CC/C=C\C/C=C\C/C=C\C/C=C\C/C=C\C/C=C\CCCCCCCCCCCCCCC(=O)OCC(O)COP(=O)(O)OCC(O)COP(=O)(O)OCC(COC(=O)CCCCCCCCCCCC/C=C\C/C=C\C/C=C\C/C=C\C/C=C\C/C=C\CC)OC(=O)CCCCCCCCCCCCCCC/C=C\C/C=C\C/C=C\C/C=C\C/C=C\CC. The molecule has 0 saturated carbocycles. The number of aliphatic hydroxyl groups excluding tert-OH is 2. The number of carbonyl (C=O) groups excluding carboxylic acids is 3. The Bertz CT molecular complexity index is 3100. The van der Waals surface area contributed by atoms with Gasteiger partial charge in [-0.05, 0) is 167 Å². The molecule has 0 spiro atoms. The fourth-order valence-electron chi connectivity index (χ4n) is 13.1. The summed E-state index contributed by atoms with van der Waals surface area (Å²) in [4.78, 5) is 59.2. The molecule has 0 aromatic heterocycles. The van der Waals surface area contributed by atoms with Crippen LogP contribution in [-0.2, 0) is 55.8 Å². The molecule has 18 heteroatoms. The minimum atomic E-state index is -4.95. The van der Waals surface area contributed by atoms with E-state index in [4.69, 9.17) is 32.3 Å². The number of hydrogen-bond acceptors (Lipinski definition) is 14.